The fourth-order valence-corrected chi connectivity index (χ4v) is 2.24. The average molecular weight is 248 g/mol. The number of aryl methyl sites for hydroxylation is 1. The number of ether oxygens (including phenoxy) is 1. The normalized spacial score (nSPS) is 23.1. The highest BCUT2D eigenvalue weighted by Gasteiger charge is 2.32. The van der Waals surface area contributed by atoms with Gasteiger partial charge in [0.1, 0.15) is 6.10 Å². The van der Waals surface area contributed by atoms with Crippen molar-refractivity contribution in [2.45, 2.75) is 32.0 Å². The second kappa shape index (κ2) is 5.50. The van der Waals surface area contributed by atoms with Crippen molar-refractivity contribution in [3.63, 3.8) is 0 Å². The molecule has 2 rings (SSSR count). The molecule has 1 saturated heterocycles. The first-order chi connectivity index (χ1) is 8.61. The molecule has 18 heavy (non-hydrogen) atoms. The van der Waals surface area contributed by atoms with Crippen LogP contribution in [-0.2, 0) is 9.53 Å². The lowest BCUT2D eigenvalue weighted by molar-refractivity contribution is -0.128. The second-order valence-electron chi connectivity index (χ2n) is 4.80. The summed E-state index contributed by atoms with van der Waals surface area (Å²) in [5, 5.41) is 0. The van der Waals surface area contributed by atoms with E-state index in [1.165, 1.54) is 0 Å². The molecule has 0 saturated carbocycles. The van der Waals surface area contributed by atoms with Gasteiger partial charge >= 0.3 is 0 Å². The summed E-state index contributed by atoms with van der Waals surface area (Å²) in [4.78, 5) is 13.9. The van der Waals surface area contributed by atoms with E-state index in [1.54, 1.807) is 11.9 Å². The number of nitrogens with zero attached hydrogens (tertiary/aromatic N) is 1. The molecule has 0 bridgehead atoms. The molecule has 98 valence electrons. The minimum absolute atomic E-state index is 0.0107. The molecule has 1 fully saturated rings. The Hall–Kier alpha value is -1.39. The number of likely N-dealkylation sites (N-methyl/N-ethyl adjacent to an activating group) is 1. The Morgan fingerprint density at radius 3 is 2.89 bits per heavy atom. The van der Waals surface area contributed by atoms with Crippen LogP contribution in [0.3, 0.4) is 0 Å². The topological polar surface area (TPSA) is 55.6 Å². The molecule has 1 aromatic rings. The molecule has 0 radical (unpaired) electrons. The standard InChI is InChI=1S/C14H20N2O2/c1-10-4-3-5-11(8-10)16(2)14(17)13-7-6-12(9-15)18-13/h3-5,8,12-13H,6-7,9,15H2,1-2H3/t12-,13+/m1/s1. The third kappa shape index (κ3) is 2.71. The van der Waals surface area contributed by atoms with Gasteiger partial charge in [0.2, 0.25) is 0 Å². The van der Waals surface area contributed by atoms with Crippen LogP contribution in [0.5, 0.6) is 0 Å². The van der Waals surface area contributed by atoms with Crippen LogP contribution in [0.15, 0.2) is 24.3 Å². The van der Waals surface area contributed by atoms with E-state index in [2.05, 4.69) is 0 Å². The summed E-state index contributed by atoms with van der Waals surface area (Å²) in [6, 6.07) is 7.89. The van der Waals surface area contributed by atoms with Crippen molar-refractivity contribution >= 4 is 11.6 Å². The molecular weight excluding hydrogens is 228 g/mol. The van der Waals surface area contributed by atoms with Crippen LogP contribution in [0.1, 0.15) is 18.4 Å². The van der Waals surface area contributed by atoms with E-state index in [0.29, 0.717) is 6.54 Å². The lowest BCUT2D eigenvalue weighted by Gasteiger charge is -2.21. The first kappa shape index (κ1) is 13.1. The Balaban J connectivity index is 2.05. The van der Waals surface area contributed by atoms with Gasteiger partial charge in [-0.25, -0.2) is 0 Å². The molecule has 0 spiro atoms. The molecule has 2 N–H and O–H groups in total. The van der Waals surface area contributed by atoms with Crippen molar-refractivity contribution in [2.75, 3.05) is 18.5 Å². The van der Waals surface area contributed by atoms with Gasteiger partial charge in [-0.15, -0.1) is 0 Å². The molecule has 4 nitrogen and oxygen atoms in total. The van der Waals surface area contributed by atoms with Gasteiger partial charge in [-0.3, -0.25) is 4.79 Å². The molecule has 1 aromatic carbocycles. The SMILES string of the molecule is Cc1cccc(N(C)C(=O)[C@@H]2CC[C@H](CN)O2)c1. The number of carbonyl (C=O) groups excluding carboxylic acids is 1. The van der Waals surface area contributed by atoms with Crippen LogP contribution in [0.25, 0.3) is 0 Å². The Labute approximate surface area is 108 Å². The zero-order valence-electron chi connectivity index (χ0n) is 10.9. The summed E-state index contributed by atoms with van der Waals surface area (Å²) in [6.45, 7) is 2.50. The molecule has 4 heteroatoms. The van der Waals surface area contributed by atoms with Gasteiger partial charge in [-0.2, -0.15) is 0 Å². The molecule has 0 unspecified atom stereocenters. The Kier molecular flexibility index (Phi) is 3.99. The van der Waals surface area contributed by atoms with Crippen LogP contribution in [0, 0.1) is 6.92 Å². The van der Waals surface area contributed by atoms with E-state index in [1.807, 2.05) is 31.2 Å². The number of rotatable bonds is 3. The lowest BCUT2D eigenvalue weighted by Crippen LogP contribution is -2.37. The number of nitrogens with two attached hydrogens (primary N) is 1. The van der Waals surface area contributed by atoms with Crippen molar-refractivity contribution in [1.29, 1.82) is 0 Å². The fourth-order valence-electron chi connectivity index (χ4n) is 2.24. The summed E-state index contributed by atoms with van der Waals surface area (Å²) in [6.07, 6.45) is 1.32. The van der Waals surface area contributed by atoms with Gasteiger partial charge in [0.05, 0.1) is 6.10 Å². The average Bonchev–Trinajstić information content (AvgIpc) is 2.85. The van der Waals surface area contributed by atoms with Gasteiger partial charge in [-0.05, 0) is 37.5 Å². The maximum atomic E-state index is 12.3. The zero-order valence-corrected chi connectivity index (χ0v) is 10.9. The number of amides is 1. The third-order valence-electron chi connectivity index (χ3n) is 3.37. The second-order valence-corrected chi connectivity index (χ2v) is 4.80. The minimum Gasteiger partial charge on any atom is -0.364 e. The van der Waals surface area contributed by atoms with Gasteiger partial charge in [0.15, 0.2) is 0 Å². The molecule has 1 heterocycles. The van der Waals surface area contributed by atoms with E-state index in [9.17, 15) is 4.79 Å². The van der Waals surface area contributed by atoms with Gasteiger partial charge in [0, 0.05) is 19.3 Å². The predicted molar refractivity (Wildman–Crippen MR) is 71.5 cm³/mol. The number of carbonyl (C=O) groups is 1. The van der Waals surface area contributed by atoms with E-state index in [0.717, 1.165) is 24.1 Å². The van der Waals surface area contributed by atoms with Crippen molar-refractivity contribution < 1.29 is 9.53 Å². The summed E-state index contributed by atoms with van der Waals surface area (Å²) < 4.78 is 5.63. The van der Waals surface area contributed by atoms with Crippen molar-refractivity contribution in [3.05, 3.63) is 29.8 Å². The monoisotopic (exact) mass is 248 g/mol. The molecule has 1 aliphatic heterocycles. The Morgan fingerprint density at radius 1 is 1.50 bits per heavy atom. The first-order valence-corrected chi connectivity index (χ1v) is 6.31. The van der Waals surface area contributed by atoms with Gasteiger partial charge in [-0.1, -0.05) is 12.1 Å². The highest BCUT2D eigenvalue weighted by Crippen LogP contribution is 2.23. The smallest absolute Gasteiger partial charge is 0.255 e. The number of hydrogen-bond acceptors (Lipinski definition) is 3. The van der Waals surface area contributed by atoms with E-state index < -0.39 is 0 Å². The largest absolute Gasteiger partial charge is 0.364 e. The van der Waals surface area contributed by atoms with Crippen LogP contribution in [0.2, 0.25) is 0 Å². The summed E-state index contributed by atoms with van der Waals surface area (Å²) in [5.74, 6) is 0.0107. The van der Waals surface area contributed by atoms with Crippen molar-refractivity contribution in [2.24, 2.45) is 5.73 Å². The summed E-state index contributed by atoms with van der Waals surface area (Å²) in [5.41, 5.74) is 7.59. The Bertz CT molecular complexity index is 434. The van der Waals surface area contributed by atoms with E-state index in [-0.39, 0.29) is 18.1 Å². The van der Waals surface area contributed by atoms with Crippen LogP contribution < -0.4 is 10.6 Å². The highest BCUT2D eigenvalue weighted by atomic mass is 16.5. The molecular formula is C14H20N2O2. The van der Waals surface area contributed by atoms with Crippen LogP contribution in [0.4, 0.5) is 5.69 Å². The summed E-state index contributed by atoms with van der Waals surface area (Å²) in [7, 11) is 1.79. The van der Waals surface area contributed by atoms with Crippen molar-refractivity contribution in [3.8, 4) is 0 Å². The quantitative estimate of drug-likeness (QED) is 0.881. The predicted octanol–water partition coefficient (Wildman–Crippen LogP) is 1.46. The van der Waals surface area contributed by atoms with Crippen molar-refractivity contribution in [1.82, 2.24) is 0 Å². The van der Waals surface area contributed by atoms with Gasteiger partial charge in [0.25, 0.3) is 5.91 Å². The number of hydrogen-bond donors (Lipinski definition) is 1. The molecule has 2 atom stereocenters. The maximum Gasteiger partial charge on any atom is 0.255 e. The lowest BCUT2D eigenvalue weighted by atomic mass is 10.1. The van der Waals surface area contributed by atoms with Crippen LogP contribution >= 0.6 is 0 Å². The van der Waals surface area contributed by atoms with Gasteiger partial charge < -0.3 is 15.4 Å². The number of anilines is 1. The molecule has 0 aliphatic carbocycles. The Morgan fingerprint density at radius 2 is 2.28 bits per heavy atom. The van der Waals surface area contributed by atoms with Crippen LogP contribution in [-0.4, -0.2) is 31.7 Å². The zero-order chi connectivity index (χ0) is 13.1. The first-order valence-electron chi connectivity index (χ1n) is 6.31. The molecule has 0 aromatic heterocycles. The molecule has 1 aliphatic rings. The number of benzene rings is 1. The van der Waals surface area contributed by atoms with E-state index >= 15 is 0 Å². The summed E-state index contributed by atoms with van der Waals surface area (Å²) >= 11 is 0. The third-order valence-corrected chi connectivity index (χ3v) is 3.37. The maximum absolute atomic E-state index is 12.3. The molecule has 1 amide bonds. The minimum atomic E-state index is -0.343. The van der Waals surface area contributed by atoms with E-state index in [4.69, 9.17) is 10.5 Å². The highest BCUT2D eigenvalue weighted by molar-refractivity contribution is 5.96. The fraction of sp³-hybridized carbons (Fsp3) is 0.500.